The van der Waals surface area contributed by atoms with Crippen molar-refractivity contribution in [3.8, 4) is 6.07 Å². The number of aliphatic hydroxyl groups excluding tert-OH is 1. The largest absolute Gasteiger partial charge is 0.466 e. The van der Waals surface area contributed by atoms with Crippen LogP contribution in [0, 0.1) is 36.5 Å². The number of likely N-dealkylation sites (tertiary alicyclic amines) is 1. The first-order chi connectivity index (χ1) is 15.1. The van der Waals surface area contributed by atoms with Gasteiger partial charge in [0, 0.05) is 37.3 Å². The number of furan rings is 1. The highest BCUT2D eigenvalue weighted by Crippen LogP contribution is 2.45. The molecule has 3 heterocycles. The first-order valence-corrected chi connectivity index (χ1v) is 10.4. The molecule has 2 fully saturated rings. The summed E-state index contributed by atoms with van der Waals surface area (Å²) in [5.74, 6) is 1.06. The van der Waals surface area contributed by atoms with Gasteiger partial charge < -0.3 is 19.3 Å². The lowest BCUT2D eigenvalue weighted by molar-refractivity contribution is -0.137. The van der Waals surface area contributed by atoms with E-state index in [1.54, 1.807) is 30.9 Å². The van der Waals surface area contributed by atoms with Crippen LogP contribution in [0.1, 0.15) is 39.4 Å². The van der Waals surface area contributed by atoms with Crippen LogP contribution in [0.25, 0.3) is 0 Å². The quantitative estimate of drug-likeness (QED) is 0.775. The van der Waals surface area contributed by atoms with Crippen LogP contribution >= 0.6 is 0 Å². The number of fused-ring (bicyclic) bond motifs is 1. The fraction of sp³-hybridized carbons (Fsp3) is 0.478. The molecule has 170 valence electrons. The Bertz CT molecular complexity index is 1090. The van der Waals surface area contributed by atoms with E-state index in [0.717, 1.165) is 6.07 Å². The predicted octanol–water partition coefficient (Wildman–Crippen LogP) is 3.75. The third kappa shape index (κ3) is 3.73. The van der Waals surface area contributed by atoms with Crippen LogP contribution in [-0.2, 0) is 6.18 Å². The van der Waals surface area contributed by atoms with Gasteiger partial charge in [-0.3, -0.25) is 4.79 Å². The molecule has 1 N–H and O–H groups in total. The van der Waals surface area contributed by atoms with Crippen molar-refractivity contribution < 1.29 is 27.5 Å². The molecule has 0 saturated carbocycles. The highest BCUT2D eigenvalue weighted by molar-refractivity contribution is 5.95. The van der Waals surface area contributed by atoms with E-state index in [-0.39, 0.29) is 18.4 Å². The Morgan fingerprint density at radius 1 is 1.31 bits per heavy atom. The Labute approximate surface area is 183 Å². The molecule has 9 heteroatoms. The van der Waals surface area contributed by atoms with Crippen molar-refractivity contribution >= 4 is 11.6 Å². The topological polar surface area (TPSA) is 80.7 Å². The molecule has 1 amide bonds. The fourth-order valence-electron chi connectivity index (χ4n) is 5.05. The van der Waals surface area contributed by atoms with Gasteiger partial charge in [-0.05, 0) is 50.5 Å². The number of hydrogen-bond donors (Lipinski definition) is 1. The van der Waals surface area contributed by atoms with Crippen LogP contribution in [-0.4, -0.2) is 48.7 Å². The van der Waals surface area contributed by atoms with Gasteiger partial charge in [-0.25, -0.2) is 0 Å². The fourth-order valence-corrected chi connectivity index (χ4v) is 5.05. The zero-order valence-electron chi connectivity index (χ0n) is 17.9. The van der Waals surface area contributed by atoms with Gasteiger partial charge in [0.15, 0.2) is 0 Å². The Kier molecular flexibility index (Phi) is 5.45. The minimum atomic E-state index is -4.63. The van der Waals surface area contributed by atoms with Crippen LogP contribution in [0.15, 0.2) is 28.7 Å². The standard InChI is InChI=1S/C23H24F3N3O3/c1-14-7-19(15(2)32-14)21(31)28-6-5-17-10-29(12-22(17,11-28)13-30)18-4-3-16(9-27)20(8-18)23(24,25)26/h3-4,7-8,17,30H,5-6,10-13H2,1-2H3/t17-,22+/m0/s1. The summed E-state index contributed by atoms with van der Waals surface area (Å²) in [5.41, 5.74) is -1.17. The Morgan fingerprint density at radius 2 is 2.06 bits per heavy atom. The number of anilines is 1. The van der Waals surface area contributed by atoms with Crippen molar-refractivity contribution in [3.63, 3.8) is 0 Å². The van der Waals surface area contributed by atoms with Gasteiger partial charge in [-0.15, -0.1) is 0 Å². The normalized spacial score (nSPS) is 23.2. The third-order valence-corrected chi connectivity index (χ3v) is 6.73. The monoisotopic (exact) mass is 447 g/mol. The van der Waals surface area contributed by atoms with E-state index in [1.165, 1.54) is 12.1 Å². The number of aryl methyl sites for hydroxylation is 2. The molecule has 2 saturated heterocycles. The number of piperidine rings is 1. The second kappa shape index (κ2) is 7.85. The van der Waals surface area contributed by atoms with Gasteiger partial charge >= 0.3 is 6.18 Å². The molecule has 32 heavy (non-hydrogen) atoms. The average molecular weight is 447 g/mol. The number of amides is 1. The maximum absolute atomic E-state index is 13.4. The number of nitriles is 1. The summed E-state index contributed by atoms with van der Waals surface area (Å²) in [6, 6.07) is 7.00. The minimum absolute atomic E-state index is 0.0358. The first kappa shape index (κ1) is 22.2. The van der Waals surface area contributed by atoms with Crippen LogP contribution in [0.2, 0.25) is 0 Å². The van der Waals surface area contributed by atoms with E-state index < -0.39 is 22.7 Å². The number of aliphatic hydroxyl groups is 1. The lowest BCUT2D eigenvalue weighted by Crippen LogP contribution is -2.52. The molecular weight excluding hydrogens is 423 g/mol. The minimum Gasteiger partial charge on any atom is -0.466 e. The molecular formula is C23H24F3N3O3. The molecule has 0 unspecified atom stereocenters. The zero-order chi connectivity index (χ0) is 23.3. The molecule has 1 aromatic heterocycles. The number of hydrogen-bond acceptors (Lipinski definition) is 5. The van der Waals surface area contributed by atoms with Crippen LogP contribution in [0.4, 0.5) is 18.9 Å². The van der Waals surface area contributed by atoms with Gasteiger partial charge in [0.1, 0.15) is 11.5 Å². The van der Waals surface area contributed by atoms with E-state index in [0.29, 0.717) is 55.4 Å². The number of carbonyl (C=O) groups excluding carboxylic acids is 1. The predicted molar refractivity (Wildman–Crippen MR) is 110 cm³/mol. The number of carbonyl (C=O) groups is 1. The summed E-state index contributed by atoms with van der Waals surface area (Å²) >= 11 is 0. The summed E-state index contributed by atoms with van der Waals surface area (Å²) < 4.78 is 45.7. The van der Waals surface area contributed by atoms with Crippen molar-refractivity contribution in [2.45, 2.75) is 26.4 Å². The van der Waals surface area contributed by atoms with E-state index in [1.807, 2.05) is 4.90 Å². The lowest BCUT2D eigenvalue weighted by Gasteiger charge is -2.43. The molecule has 0 aliphatic carbocycles. The van der Waals surface area contributed by atoms with Crippen molar-refractivity contribution in [2.24, 2.45) is 11.3 Å². The van der Waals surface area contributed by atoms with E-state index >= 15 is 0 Å². The third-order valence-electron chi connectivity index (χ3n) is 6.73. The Hall–Kier alpha value is -2.99. The highest BCUT2D eigenvalue weighted by atomic mass is 19.4. The molecule has 6 nitrogen and oxygen atoms in total. The summed E-state index contributed by atoms with van der Waals surface area (Å²) in [6.45, 7) is 4.95. The van der Waals surface area contributed by atoms with Crippen LogP contribution in [0.3, 0.4) is 0 Å². The molecule has 0 bridgehead atoms. The van der Waals surface area contributed by atoms with E-state index in [4.69, 9.17) is 9.68 Å². The van der Waals surface area contributed by atoms with Crippen LogP contribution in [0.5, 0.6) is 0 Å². The van der Waals surface area contributed by atoms with Crippen molar-refractivity contribution in [3.05, 3.63) is 52.5 Å². The molecule has 4 rings (SSSR count). The zero-order valence-corrected chi connectivity index (χ0v) is 17.9. The van der Waals surface area contributed by atoms with Gasteiger partial charge in [-0.2, -0.15) is 18.4 Å². The number of benzene rings is 1. The molecule has 2 atom stereocenters. The summed E-state index contributed by atoms with van der Waals surface area (Å²) in [4.78, 5) is 16.6. The average Bonchev–Trinajstić information content (AvgIpc) is 3.31. The lowest BCUT2D eigenvalue weighted by atomic mass is 9.74. The first-order valence-electron chi connectivity index (χ1n) is 10.4. The second-order valence-corrected chi connectivity index (χ2v) is 8.78. The van der Waals surface area contributed by atoms with Gasteiger partial charge in [0.25, 0.3) is 5.91 Å². The smallest absolute Gasteiger partial charge is 0.417 e. The molecule has 2 aliphatic rings. The molecule has 0 spiro atoms. The Balaban J connectivity index is 1.59. The molecule has 1 aromatic carbocycles. The number of nitrogens with zero attached hydrogens (tertiary/aromatic N) is 3. The van der Waals surface area contributed by atoms with Gasteiger partial charge in [0.2, 0.25) is 0 Å². The van der Waals surface area contributed by atoms with Gasteiger partial charge in [-0.1, -0.05) is 0 Å². The number of rotatable bonds is 3. The maximum atomic E-state index is 13.4. The number of alkyl halides is 3. The number of halogens is 3. The maximum Gasteiger partial charge on any atom is 0.417 e. The van der Waals surface area contributed by atoms with Crippen molar-refractivity contribution in [2.75, 3.05) is 37.7 Å². The summed E-state index contributed by atoms with van der Waals surface area (Å²) in [7, 11) is 0. The summed E-state index contributed by atoms with van der Waals surface area (Å²) in [5, 5.41) is 19.3. The Morgan fingerprint density at radius 3 is 2.66 bits per heavy atom. The SMILES string of the molecule is Cc1cc(C(=O)N2CC[C@H]3CN(c4ccc(C#N)c(C(F)(F)F)c4)C[C@@]3(CO)C2)c(C)o1. The van der Waals surface area contributed by atoms with E-state index in [9.17, 15) is 23.1 Å². The molecule has 2 aromatic rings. The van der Waals surface area contributed by atoms with Gasteiger partial charge in [0.05, 0.1) is 29.4 Å². The van der Waals surface area contributed by atoms with Crippen molar-refractivity contribution in [1.82, 2.24) is 4.90 Å². The van der Waals surface area contributed by atoms with Crippen molar-refractivity contribution in [1.29, 1.82) is 5.26 Å². The van der Waals surface area contributed by atoms with E-state index in [2.05, 4.69) is 0 Å². The van der Waals surface area contributed by atoms with Crippen LogP contribution < -0.4 is 4.90 Å². The molecule has 0 radical (unpaired) electrons. The summed E-state index contributed by atoms with van der Waals surface area (Å²) in [6.07, 6.45) is -3.99. The second-order valence-electron chi connectivity index (χ2n) is 8.78. The highest BCUT2D eigenvalue weighted by Gasteiger charge is 2.50. The molecule has 2 aliphatic heterocycles.